The highest BCUT2D eigenvalue weighted by molar-refractivity contribution is 9.10. The van der Waals surface area contributed by atoms with Crippen molar-refractivity contribution in [3.8, 4) is 0 Å². The molecule has 2 fully saturated rings. The summed E-state index contributed by atoms with van der Waals surface area (Å²) in [5, 5.41) is 13.2. The summed E-state index contributed by atoms with van der Waals surface area (Å²) in [7, 11) is 0. The number of aliphatic hydroxyl groups is 1. The van der Waals surface area contributed by atoms with E-state index in [0.29, 0.717) is 12.0 Å². The topological polar surface area (TPSA) is 61.3 Å². The third-order valence-corrected chi connectivity index (χ3v) is 5.74. The molecule has 2 N–H and O–H groups in total. The number of hydrogen-bond acceptors (Lipinski definition) is 5. The largest absolute Gasteiger partial charge is 0.394 e. The van der Waals surface area contributed by atoms with Gasteiger partial charge in [0.2, 0.25) is 0 Å². The Bertz CT molecular complexity index is 724. The molecule has 1 saturated carbocycles. The summed E-state index contributed by atoms with van der Waals surface area (Å²) in [6, 6.07) is 11.2. The molecule has 0 spiro atoms. The SMILES string of the molecule is OCC1CCCCN1c1cc(NC2CC2c2ccc(Br)cc2)ncn1. The lowest BCUT2D eigenvalue weighted by atomic mass is 10.0. The number of nitrogens with zero attached hydrogens (tertiary/aromatic N) is 3. The molecule has 3 atom stereocenters. The second-order valence-electron chi connectivity index (χ2n) is 6.93. The molecule has 4 rings (SSSR count). The van der Waals surface area contributed by atoms with Crippen LogP contribution in [0.2, 0.25) is 0 Å². The highest BCUT2D eigenvalue weighted by atomic mass is 79.9. The Labute approximate surface area is 156 Å². The van der Waals surface area contributed by atoms with Crippen LogP contribution in [0.3, 0.4) is 0 Å². The number of nitrogens with one attached hydrogen (secondary N) is 1. The van der Waals surface area contributed by atoms with E-state index in [1.807, 2.05) is 6.07 Å². The van der Waals surface area contributed by atoms with Gasteiger partial charge in [0.1, 0.15) is 18.0 Å². The number of hydrogen-bond donors (Lipinski definition) is 2. The Morgan fingerprint density at radius 2 is 2.04 bits per heavy atom. The number of benzene rings is 1. The van der Waals surface area contributed by atoms with Gasteiger partial charge in [0.15, 0.2) is 0 Å². The summed E-state index contributed by atoms with van der Waals surface area (Å²) < 4.78 is 1.11. The first kappa shape index (κ1) is 16.8. The fourth-order valence-corrected chi connectivity index (χ4v) is 3.96. The van der Waals surface area contributed by atoms with Crippen molar-refractivity contribution < 1.29 is 5.11 Å². The quantitative estimate of drug-likeness (QED) is 0.800. The molecule has 25 heavy (non-hydrogen) atoms. The summed E-state index contributed by atoms with van der Waals surface area (Å²) in [6.07, 6.45) is 6.10. The van der Waals surface area contributed by atoms with Gasteiger partial charge in [0.25, 0.3) is 0 Å². The average molecular weight is 403 g/mol. The van der Waals surface area contributed by atoms with Crippen molar-refractivity contribution in [2.24, 2.45) is 0 Å². The molecular formula is C19H23BrN4O. The summed E-state index contributed by atoms with van der Waals surface area (Å²) in [4.78, 5) is 11.0. The minimum Gasteiger partial charge on any atom is -0.394 e. The van der Waals surface area contributed by atoms with Gasteiger partial charge in [-0.2, -0.15) is 0 Å². The molecule has 1 aliphatic carbocycles. The van der Waals surface area contributed by atoms with E-state index in [4.69, 9.17) is 0 Å². The van der Waals surface area contributed by atoms with Gasteiger partial charge in [0.05, 0.1) is 12.6 Å². The van der Waals surface area contributed by atoms with E-state index >= 15 is 0 Å². The summed E-state index contributed by atoms with van der Waals surface area (Å²) in [6.45, 7) is 1.13. The molecular weight excluding hydrogens is 380 g/mol. The maximum absolute atomic E-state index is 9.62. The van der Waals surface area contributed by atoms with Crippen LogP contribution in [0, 0.1) is 0 Å². The van der Waals surface area contributed by atoms with Gasteiger partial charge in [-0.05, 0) is 43.4 Å². The van der Waals surface area contributed by atoms with Gasteiger partial charge in [0, 0.05) is 29.0 Å². The first-order valence-electron chi connectivity index (χ1n) is 8.96. The smallest absolute Gasteiger partial charge is 0.134 e. The van der Waals surface area contributed by atoms with Crippen molar-refractivity contribution in [3.05, 3.63) is 46.7 Å². The van der Waals surface area contributed by atoms with Crippen LogP contribution in [-0.2, 0) is 0 Å². The van der Waals surface area contributed by atoms with Crippen molar-refractivity contribution in [2.75, 3.05) is 23.4 Å². The van der Waals surface area contributed by atoms with Crippen molar-refractivity contribution in [1.82, 2.24) is 9.97 Å². The van der Waals surface area contributed by atoms with Crippen LogP contribution in [0.1, 0.15) is 37.2 Å². The summed E-state index contributed by atoms with van der Waals surface area (Å²) in [5.41, 5.74) is 1.37. The van der Waals surface area contributed by atoms with Crippen LogP contribution < -0.4 is 10.2 Å². The standard InChI is InChI=1S/C19H23BrN4O/c20-14-6-4-13(5-7-14)16-9-17(16)23-18-10-19(22-12-21-18)24-8-2-1-3-15(24)11-25/h4-7,10,12,15-17,25H,1-3,8-9,11H2,(H,21,22,23). The molecule has 0 amide bonds. The van der Waals surface area contributed by atoms with Crippen molar-refractivity contribution in [2.45, 2.75) is 43.7 Å². The van der Waals surface area contributed by atoms with Crippen molar-refractivity contribution in [3.63, 3.8) is 0 Å². The molecule has 1 aliphatic heterocycles. The highest BCUT2D eigenvalue weighted by Crippen LogP contribution is 2.43. The Kier molecular flexibility index (Phi) is 4.90. The maximum Gasteiger partial charge on any atom is 0.134 e. The van der Waals surface area contributed by atoms with Crippen LogP contribution in [0.4, 0.5) is 11.6 Å². The Morgan fingerprint density at radius 1 is 1.20 bits per heavy atom. The number of halogens is 1. The second kappa shape index (κ2) is 7.30. The molecule has 1 aromatic heterocycles. The first-order chi connectivity index (χ1) is 12.2. The Hall–Kier alpha value is -1.66. The predicted octanol–water partition coefficient (Wildman–Crippen LogP) is 3.56. The van der Waals surface area contributed by atoms with E-state index in [1.54, 1.807) is 6.33 Å². The molecule has 3 unspecified atom stereocenters. The van der Waals surface area contributed by atoms with E-state index in [-0.39, 0.29) is 12.6 Å². The van der Waals surface area contributed by atoms with Gasteiger partial charge >= 0.3 is 0 Å². The minimum absolute atomic E-state index is 0.174. The number of piperidine rings is 1. The Balaban J connectivity index is 1.43. The average Bonchev–Trinajstić information content (AvgIpc) is 3.41. The van der Waals surface area contributed by atoms with E-state index in [0.717, 1.165) is 41.9 Å². The second-order valence-corrected chi connectivity index (χ2v) is 7.85. The molecule has 1 saturated heterocycles. The fourth-order valence-electron chi connectivity index (χ4n) is 3.70. The molecule has 2 heterocycles. The number of anilines is 2. The predicted molar refractivity (Wildman–Crippen MR) is 103 cm³/mol. The number of aromatic nitrogens is 2. The van der Waals surface area contributed by atoms with Crippen molar-refractivity contribution >= 4 is 27.6 Å². The van der Waals surface area contributed by atoms with Gasteiger partial charge in [-0.15, -0.1) is 0 Å². The number of rotatable bonds is 5. The molecule has 2 aliphatic rings. The van der Waals surface area contributed by atoms with Crippen molar-refractivity contribution in [1.29, 1.82) is 0 Å². The molecule has 0 bridgehead atoms. The van der Waals surface area contributed by atoms with Gasteiger partial charge < -0.3 is 15.3 Å². The fraction of sp³-hybridized carbons (Fsp3) is 0.474. The number of aliphatic hydroxyl groups excluding tert-OH is 1. The first-order valence-corrected chi connectivity index (χ1v) is 9.75. The monoisotopic (exact) mass is 402 g/mol. The lowest BCUT2D eigenvalue weighted by molar-refractivity contribution is 0.239. The zero-order valence-electron chi connectivity index (χ0n) is 14.1. The van der Waals surface area contributed by atoms with Gasteiger partial charge in [-0.1, -0.05) is 28.1 Å². The van der Waals surface area contributed by atoms with Crippen LogP contribution >= 0.6 is 15.9 Å². The molecule has 132 valence electrons. The van der Waals surface area contributed by atoms with E-state index in [1.165, 1.54) is 12.0 Å². The summed E-state index contributed by atoms with van der Waals surface area (Å²) in [5.74, 6) is 2.33. The van der Waals surface area contributed by atoms with Gasteiger partial charge in [-0.25, -0.2) is 9.97 Å². The van der Waals surface area contributed by atoms with Crippen LogP contribution in [0.15, 0.2) is 41.1 Å². The molecule has 2 aromatic rings. The van der Waals surface area contributed by atoms with E-state index in [9.17, 15) is 5.11 Å². The van der Waals surface area contributed by atoms with Crippen LogP contribution in [0.25, 0.3) is 0 Å². The van der Waals surface area contributed by atoms with E-state index in [2.05, 4.69) is 60.4 Å². The third-order valence-electron chi connectivity index (χ3n) is 5.21. The molecule has 1 aromatic carbocycles. The zero-order chi connectivity index (χ0) is 17.2. The van der Waals surface area contributed by atoms with Crippen LogP contribution in [0.5, 0.6) is 0 Å². The maximum atomic E-state index is 9.62. The molecule has 6 heteroatoms. The zero-order valence-corrected chi connectivity index (χ0v) is 15.7. The third kappa shape index (κ3) is 3.80. The van der Waals surface area contributed by atoms with Gasteiger partial charge in [-0.3, -0.25) is 0 Å². The van der Waals surface area contributed by atoms with Crippen LogP contribution in [-0.4, -0.2) is 40.3 Å². The lowest BCUT2D eigenvalue weighted by Gasteiger charge is -2.35. The highest BCUT2D eigenvalue weighted by Gasteiger charge is 2.38. The lowest BCUT2D eigenvalue weighted by Crippen LogP contribution is -2.42. The Morgan fingerprint density at radius 3 is 2.84 bits per heavy atom. The van der Waals surface area contributed by atoms with E-state index < -0.39 is 0 Å². The summed E-state index contributed by atoms with van der Waals surface area (Å²) >= 11 is 3.49. The normalized spacial score (nSPS) is 25.7. The minimum atomic E-state index is 0.174. The molecule has 5 nitrogen and oxygen atoms in total. The molecule has 0 radical (unpaired) electrons.